The minimum Gasteiger partial charge on any atom is -0.376 e. The molecule has 0 saturated carbocycles. The summed E-state index contributed by atoms with van der Waals surface area (Å²) in [4.78, 5) is 22.7. The molecule has 0 spiro atoms. The summed E-state index contributed by atoms with van der Waals surface area (Å²) in [6.07, 6.45) is 6.16. The van der Waals surface area contributed by atoms with E-state index in [0.717, 1.165) is 37.4 Å². The van der Waals surface area contributed by atoms with Crippen LogP contribution in [0.1, 0.15) is 29.8 Å². The molecule has 114 valence electrons. The number of aromatic nitrogens is 2. The lowest BCUT2D eigenvalue weighted by Crippen LogP contribution is -2.45. The van der Waals surface area contributed by atoms with Gasteiger partial charge in [-0.15, -0.1) is 0 Å². The smallest absolute Gasteiger partial charge is 0.274 e. The van der Waals surface area contributed by atoms with E-state index in [9.17, 15) is 4.79 Å². The van der Waals surface area contributed by atoms with Gasteiger partial charge in [-0.1, -0.05) is 11.6 Å². The highest BCUT2D eigenvalue weighted by molar-refractivity contribution is 7.99. The Bertz CT molecular complexity index is 487. The van der Waals surface area contributed by atoms with E-state index in [4.69, 9.17) is 16.3 Å². The van der Waals surface area contributed by atoms with Crippen LogP contribution in [0.3, 0.4) is 0 Å². The van der Waals surface area contributed by atoms with Crippen LogP contribution in [0.25, 0.3) is 0 Å². The first kappa shape index (κ1) is 15.1. The zero-order chi connectivity index (χ0) is 14.7. The van der Waals surface area contributed by atoms with Crippen LogP contribution in [0.15, 0.2) is 12.4 Å². The molecule has 0 radical (unpaired) electrons. The van der Waals surface area contributed by atoms with Crippen molar-refractivity contribution in [3.8, 4) is 0 Å². The first-order chi connectivity index (χ1) is 10.2. The number of halogens is 1. The maximum atomic E-state index is 12.7. The molecule has 1 aromatic rings. The quantitative estimate of drug-likeness (QED) is 0.849. The topological polar surface area (TPSA) is 55.3 Å². The van der Waals surface area contributed by atoms with Gasteiger partial charge >= 0.3 is 0 Å². The second kappa shape index (κ2) is 6.94. The lowest BCUT2D eigenvalue weighted by atomic mass is 10.1. The number of rotatable bonds is 4. The largest absolute Gasteiger partial charge is 0.376 e. The van der Waals surface area contributed by atoms with Crippen LogP contribution in [0.2, 0.25) is 5.15 Å². The van der Waals surface area contributed by atoms with Gasteiger partial charge in [0.1, 0.15) is 10.8 Å². The van der Waals surface area contributed by atoms with Crippen molar-refractivity contribution in [3.05, 3.63) is 23.2 Å². The summed E-state index contributed by atoms with van der Waals surface area (Å²) >= 11 is 7.63. The number of amides is 1. The Labute approximate surface area is 133 Å². The Hall–Kier alpha value is -0.850. The van der Waals surface area contributed by atoms with Crippen LogP contribution >= 0.6 is 23.4 Å². The standard InChI is InChI=1S/C14H18ClN3O2S/c15-13-7-16-12(6-17-13)14(19)18(10-3-5-21-9-10)8-11-2-1-4-20-11/h6-7,10-11H,1-5,8-9H2. The molecule has 3 heterocycles. The molecule has 7 heteroatoms. The van der Waals surface area contributed by atoms with Crippen molar-refractivity contribution in [2.45, 2.75) is 31.4 Å². The zero-order valence-electron chi connectivity index (χ0n) is 11.7. The second-order valence-corrected chi connectivity index (χ2v) is 6.87. The van der Waals surface area contributed by atoms with Crippen LogP contribution in [0.5, 0.6) is 0 Å². The van der Waals surface area contributed by atoms with Crippen molar-refractivity contribution in [1.82, 2.24) is 14.9 Å². The van der Waals surface area contributed by atoms with Gasteiger partial charge in [0.25, 0.3) is 5.91 Å². The molecule has 0 N–H and O–H groups in total. The Morgan fingerprint density at radius 2 is 2.33 bits per heavy atom. The lowest BCUT2D eigenvalue weighted by Gasteiger charge is -2.30. The highest BCUT2D eigenvalue weighted by atomic mass is 35.5. The average Bonchev–Trinajstić information content (AvgIpc) is 3.18. The van der Waals surface area contributed by atoms with Gasteiger partial charge in [0.15, 0.2) is 0 Å². The maximum absolute atomic E-state index is 12.7. The normalized spacial score (nSPS) is 25.2. The monoisotopic (exact) mass is 327 g/mol. The Morgan fingerprint density at radius 3 is 2.95 bits per heavy atom. The molecule has 0 aromatic carbocycles. The number of hydrogen-bond donors (Lipinski definition) is 0. The minimum absolute atomic E-state index is 0.0674. The van der Waals surface area contributed by atoms with E-state index in [2.05, 4.69) is 9.97 Å². The van der Waals surface area contributed by atoms with Crippen molar-refractivity contribution in [1.29, 1.82) is 0 Å². The predicted octanol–water partition coefficient (Wildman–Crippen LogP) is 2.26. The molecule has 1 amide bonds. The summed E-state index contributed by atoms with van der Waals surface area (Å²) in [7, 11) is 0. The third-order valence-corrected chi connectivity index (χ3v) is 5.21. The summed E-state index contributed by atoms with van der Waals surface area (Å²) in [6.45, 7) is 1.45. The first-order valence-corrected chi connectivity index (χ1v) is 8.75. The maximum Gasteiger partial charge on any atom is 0.274 e. The average molecular weight is 328 g/mol. The van der Waals surface area contributed by atoms with E-state index in [1.165, 1.54) is 12.4 Å². The van der Waals surface area contributed by atoms with Gasteiger partial charge in [0.2, 0.25) is 0 Å². The van der Waals surface area contributed by atoms with Crippen LogP contribution in [-0.2, 0) is 4.74 Å². The molecule has 3 rings (SSSR count). The molecule has 2 aliphatic heterocycles. The molecule has 2 unspecified atom stereocenters. The van der Waals surface area contributed by atoms with Gasteiger partial charge in [-0.05, 0) is 25.0 Å². The fourth-order valence-corrected chi connectivity index (χ4v) is 4.06. The third kappa shape index (κ3) is 3.67. The second-order valence-electron chi connectivity index (χ2n) is 5.33. The van der Waals surface area contributed by atoms with Gasteiger partial charge in [-0.2, -0.15) is 11.8 Å². The minimum atomic E-state index is -0.0674. The lowest BCUT2D eigenvalue weighted by molar-refractivity contribution is 0.0437. The van der Waals surface area contributed by atoms with Gasteiger partial charge in [-0.3, -0.25) is 4.79 Å². The fraction of sp³-hybridized carbons (Fsp3) is 0.643. The van der Waals surface area contributed by atoms with Crippen molar-refractivity contribution in [2.24, 2.45) is 0 Å². The molecule has 21 heavy (non-hydrogen) atoms. The predicted molar refractivity (Wildman–Crippen MR) is 82.8 cm³/mol. The Morgan fingerprint density at radius 1 is 1.43 bits per heavy atom. The van der Waals surface area contributed by atoms with Crippen molar-refractivity contribution >= 4 is 29.3 Å². The number of carbonyl (C=O) groups excluding carboxylic acids is 1. The number of carbonyl (C=O) groups is 1. The highest BCUT2D eigenvalue weighted by Crippen LogP contribution is 2.25. The molecule has 0 bridgehead atoms. The number of hydrogen-bond acceptors (Lipinski definition) is 5. The van der Waals surface area contributed by atoms with Crippen LogP contribution in [0.4, 0.5) is 0 Å². The first-order valence-electron chi connectivity index (χ1n) is 7.22. The molecule has 2 atom stereocenters. The van der Waals surface area contributed by atoms with E-state index in [1.54, 1.807) is 0 Å². The van der Waals surface area contributed by atoms with Crippen molar-refractivity contribution in [2.75, 3.05) is 24.7 Å². The van der Waals surface area contributed by atoms with Crippen molar-refractivity contribution in [3.63, 3.8) is 0 Å². The highest BCUT2D eigenvalue weighted by Gasteiger charge is 2.31. The van der Waals surface area contributed by atoms with E-state index >= 15 is 0 Å². The number of ether oxygens (including phenoxy) is 1. The van der Waals surface area contributed by atoms with Gasteiger partial charge in [-0.25, -0.2) is 9.97 Å². The van der Waals surface area contributed by atoms with Crippen LogP contribution in [-0.4, -0.2) is 57.6 Å². The SMILES string of the molecule is O=C(c1cnc(Cl)cn1)N(CC1CCCO1)C1CCSC1. The molecular weight excluding hydrogens is 310 g/mol. The van der Waals surface area contributed by atoms with E-state index in [0.29, 0.717) is 17.4 Å². The molecule has 5 nitrogen and oxygen atoms in total. The van der Waals surface area contributed by atoms with Gasteiger partial charge < -0.3 is 9.64 Å². The van der Waals surface area contributed by atoms with Crippen LogP contribution < -0.4 is 0 Å². The molecule has 0 aliphatic carbocycles. The molecule has 1 aromatic heterocycles. The summed E-state index contributed by atoms with van der Waals surface area (Å²) < 4.78 is 5.69. The van der Waals surface area contributed by atoms with E-state index in [-0.39, 0.29) is 18.1 Å². The molecular formula is C14H18ClN3O2S. The molecule has 2 saturated heterocycles. The van der Waals surface area contributed by atoms with Gasteiger partial charge in [0, 0.05) is 24.9 Å². The Balaban J connectivity index is 1.76. The third-order valence-electron chi connectivity index (χ3n) is 3.87. The summed E-state index contributed by atoms with van der Waals surface area (Å²) in [6, 6.07) is 0.268. The van der Waals surface area contributed by atoms with E-state index < -0.39 is 0 Å². The zero-order valence-corrected chi connectivity index (χ0v) is 13.3. The molecule has 2 aliphatic rings. The fourth-order valence-electron chi connectivity index (χ4n) is 2.74. The molecule has 2 fully saturated rings. The van der Waals surface area contributed by atoms with Gasteiger partial charge in [0.05, 0.1) is 18.5 Å². The summed E-state index contributed by atoms with van der Waals surface area (Å²) in [5, 5.41) is 0.300. The summed E-state index contributed by atoms with van der Waals surface area (Å²) in [5.74, 6) is 2.02. The summed E-state index contributed by atoms with van der Waals surface area (Å²) in [5.41, 5.74) is 0.356. The number of nitrogens with zero attached hydrogens (tertiary/aromatic N) is 3. The number of thioether (sulfide) groups is 1. The Kier molecular flexibility index (Phi) is 4.98. The van der Waals surface area contributed by atoms with Crippen molar-refractivity contribution < 1.29 is 9.53 Å². The van der Waals surface area contributed by atoms with E-state index in [1.807, 2.05) is 16.7 Å². The van der Waals surface area contributed by atoms with Crippen LogP contribution in [0, 0.1) is 0 Å².